The van der Waals surface area contributed by atoms with Gasteiger partial charge in [0, 0.05) is 10.6 Å². The number of carbonyl (C=O) groups is 2. The summed E-state index contributed by atoms with van der Waals surface area (Å²) < 4.78 is 0. The first-order chi connectivity index (χ1) is 14.0. The Morgan fingerprint density at radius 3 is 2.34 bits per heavy atom. The molecular weight excluding hydrogens is 386 g/mol. The summed E-state index contributed by atoms with van der Waals surface area (Å²) in [7, 11) is 0. The Labute approximate surface area is 173 Å². The van der Waals surface area contributed by atoms with Crippen LogP contribution in [0, 0.1) is 0 Å². The molecule has 0 aromatic heterocycles. The van der Waals surface area contributed by atoms with E-state index in [-0.39, 0.29) is 11.5 Å². The van der Waals surface area contributed by atoms with Crippen molar-refractivity contribution in [2.75, 3.05) is 4.90 Å². The maximum absolute atomic E-state index is 13.3. The quantitative estimate of drug-likeness (QED) is 0.586. The number of anilines is 1. The van der Waals surface area contributed by atoms with Crippen LogP contribution in [0.1, 0.15) is 21.5 Å². The van der Waals surface area contributed by atoms with Crippen molar-refractivity contribution in [2.45, 2.75) is 0 Å². The largest absolute Gasteiger partial charge is 0.478 e. The van der Waals surface area contributed by atoms with Crippen molar-refractivity contribution in [1.29, 1.82) is 0 Å². The van der Waals surface area contributed by atoms with Crippen molar-refractivity contribution >= 4 is 40.9 Å². The highest BCUT2D eigenvalue weighted by Crippen LogP contribution is 2.35. The predicted octanol–water partition coefficient (Wildman–Crippen LogP) is 5.51. The summed E-state index contributed by atoms with van der Waals surface area (Å²) in [6, 6.07) is 23.1. The van der Waals surface area contributed by atoms with Crippen LogP contribution in [0.15, 0.2) is 90.5 Å². The van der Waals surface area contributed by atoms with Gasteiger partial charge in [-0.2, -0.15) is 0 Å². The Morgan fingerprint density at radius 1 is 0.931 bits per heavy atom. The van der Waals surface area contributed by atoms with Crippen LogP contribution in [0.5, 0.6) is 0 Å². The maximum atomic E-state index is 13.3. The molecule has 0 aliphatic carbocycles. The van der Waals surface area contributed by atoms with E-state index in [0.29, 0.717) is 22.0 Å². The maximum Gasteiger partial charge on any atom is 0.335 e. The van der Waals surface area contributed by atoms with Crippen LogP contribution >= 0.6 is 11.6 Å². The van der Waals surface area contributed by atoms with Gasteiger partial charge >= 0.3 is 5.97 Å². The van der Waals surface area contributed by atoms with Crippen LogP contribution in [-0.2, 0) is 4.79 Å². The van der Waals surface area contributed by atoms with Gasteiger partial charge in [0.2, 0.25) is 0 Å². The highest BCUT2D eigenvalue weighted by molar-refractivity contribution is 6.30. The van der Waals surface area contributed by atoms with Gasteiger partial charge in [-0.05, 0) is 53.6 Å². The molecule has 29 heavy (non-hydrogen) atoms. The van der Waals surface area contributed by atoms with Gasteiger partial charge in [-0.3, -0.25) is 9.69 Å². The van der Waals surface area contributed by atoms with E-state index in [2.05, 4.69) is 0 Å². The minimum atomic E-state index is -1.04. The Balaban J connectivity index is 1.82. The summed E-state index contributed by atoms with van der Waals surface area (Å²) in [5.41, 5.74) is 3.54. The normalized spacial score (nSPS) is 14.9. The third-order valence-electron chi connectivity index (χ3n) is 4.60. The molecule has 0 bridgehead atoms. The van der Waals surface area contributed by atoms with Crippen LogP contribution in [0.25, 0.3) is 11.8 Å². The second kappa shape index (κ2) is 7.78. The van der Waals surface area contributed by atoms with Crippen LogP contribution < -0.4 is 4.90 Å². The number of amides is 1. The molecule has 1 heterocycles. The van der Waals surface area contributed by atoms with Crippen molar-refractivity contribution in [3.05, 3.63) is 112 Å². The average Bonchev–Trinajstić information content (AvgIpc) is 3.06. The summed E-state index contributed by atoms with van der Waals surface area (Å²) in [6.07, 6.45) is 3.61. The molecule has 4 rings (SSSR count). The number of carboxylic acids is 1. The van der Waals surface area contributed by atoms with Crippen LogP contribution in [0.4, 0.5) is 5.69 Å². The third-order valence-corrected chi connectivity index (χ3v) is 4.85. The molecule has 3 aromatic rings. The Morgan fingerprint density at radius 2 is 1.66 bits per heavy atom. The smallest absolute Gasteiger partial charge is 0.335 e. The molecule has 0 atom stereocenters. The molecule has 4 nitrogen and oxygen atoms in total. The van der Waals surface area contributed by atoms with Crippen molar-refractivity contribution < 1.29 is 14.7 Å². The zero-order valence-electron chi connectivity index (χ0n) is 15.2. The molecule has 3 aromatic carbocycles. The number of hydrogen-bond acceptors (Lipinski definition) is 2. The zero-order valence-corrected chi connectivity index (χ0v) is 16.0. The number of carbonyl (C=O) groups excluding carboxylic acids is 1. The van der Waals surface area contributed by atoms with Gasteiger partial charge in [0.1, 0.15) is 0 Å². The molecule has 0 fully saturated rings. The number of halogens is 1. The number of aromatic carboxylic acids is 1. The van der Waals surface area contributed by atoms with Crippen molar-refractivity contribution in [3.8, 4) is 0 Å². The second-order valence-electron chi connectivity index (χ2n) is 6.54. The molecule has 1 N–H and O–H groups in total. The van der Waals surface area contributed by atoms with Gasteiger partial charge in [-0.1, -0.05) is 60.1 Å². The predicted molar refractivity (Wildman–Crippen MR) is 115 cm³/mol. The van der Waals surface area contributed by atoms with E-state index in [1.807, 2.05) is 48.5 Å². The number of carboxylic acid groups (broad SMARTS) is 1. The Kier molecular flexibility index (Phi) is 5.02. The molecule has 1 aliphatic rings. The molecule has 0 saturated heterocycles. The van der Waals surface area contributed by atoms with Crippen LogP contribution in [-0.4, -0.2) is 17.0 Å². The van der Waals surface area contributed by atoms with E-state index < -0.39 is 5.97 Å². The van der Waals surface area contributed by atoms with E-state index in [0.717, 1.165) is 11.1 Å². The van der Waals surface area contributed by atoms with Gasteiger partial charge in [-0.15, -0.1) is 0 Å². The fourth-order valence-electron chi connectivity index (χ4n) is 3.21. The molecule has 0 saturated carbocycles. The molecule has 0 radical (unpaired) electrons. The summed E-state index contributed by atoms with van der Waals surface area (Å²) in [5.74, 6) is -1.26. The summed E-state index contributed by atoms with van der Waals surface area (Å²) in [4.78, 5) is 26.2. The molecule has 1 amide bonds. The number of benzene rings is 3. The van der Waals surface area contributed by atoms with E-state index in [9.17, 15) is 14.7 Å². The summed E-state index contributed by atoms with van der Waals surface area (Å²) >= 11 is 5.95. The van der Waals surface area contributed by atoms with Crippen LogP contribution in [0.2, 0.25) is 5.02 Å². The first-order valence-electron chi connectivity index (χ1n) is 8.95. The van der Waals surface area contributed by atoms with Gasteiger partial charge in [0.05, 0.1) is 16.9 Å². The lowest BCUT2D eigenvalue weighted by molar-refractivity contribution is -0.113. The lowest BCUT2D eigenvalue weighted by atomic mass is 10.1. The molecule has 1 aliphatic heterocycles. The van der Waals surface area contributed by atoms with Crippen molar-refractivity contribution in [3.63, 3.8) is 0 Å². The SMILES string of the molecule is O=C(O)c1cccc(N2C(=O)/C(=C/c3ccc(Cl)cc3)C=C2c2ccccc2)c1. The summed E-state index contributed by atoms with van der Waals surface area (Å²) in [5, 5.41) is 9.95. The lowest BCUT2D eigenvalue weighted by Crippen LogP contribution is -2.25. The Hall–Kier alpha value is -3.63. The van der Waals surface area contributed by atoms with Gasteiger partial charge < -0.3 is 5.11 Å². The number of hydrogen-bond donors (Lipinski definition) is 1. The number of nitrogens with zero attached hydrogens (tertiary/aromatic N) is 1. The first-order valence-corrected chi connectivity index (χ1v) is 9.33. The molecule has 0 spiro atoms. The second-order valence-corrected chi connectivity index (χ2v) is 6.98. The molecule has 142 valence electrons. The highest BCUT2D eigenvalue weighted by Gasteiger charge is 2.30. The monoisotopic (exact) mass is 401 g/mol. The lowest BCUT2D eigenvalue weighted by Gasteiger charge is -2.21. The average molecular weight is 402 g/mol. The fourth-order valence-corrected chi connectivity index (χ4v) is 3.34. The van der Waals surface area contributed by atoms with Crippen LogP contribution in [0.3, 0.4) is 0 Å². The topological polar surface area (TPSA) is 57.6 Å². The van der Waals surface area contributed by atoms with Gasteiger partial charge in [-0.25, -0.2) is 4.79 Å². The first kappa shape index (κ1) is 18.7. The van der Waals surface area contributed by atoms with E-state index in [4.69, 9.17) is 11.6 Å². The minimum absolute atomic E-state index is 0.123. The zero-order chi connectivity index (χ0) is 20.4. The molecule has 0 unspecified atom stereocenters. The van der Waals surface area contributed by atoms with E-state index >= 15 is 0 Å². The summed E-state index contributed by atoms with van der Waals surface area (Å²) in [6.45, 7) is 0. The number of rotatable bonds is 4. The molecule has 5 heteroatoms. The van der Waals surface area contributed by atoms with Crippen molar-refractivity contribution in [1.82, 2.24) is 0 Å². The van der Waals surface area contributed by atoms with Gasteiger partial charge in [0.15, 0.2) is 0 Å². The van der Waals surface area contributed by atoms with E-state index in [1.54, 1.807) is 35.2 Å². The van der Waals surface area contributed by atoms with Gasteiger partial charge in [0.25, 0.3) is 5.91 Å². The highest BCUT2D eigenvalue weighted by atomic mass is 35.5. The minimum Gasteiger partial charge on any atom is -0.478 e. The molecular formula is C24H16ClNO3. The fraction of sp³-hybridized carbons (Fsp3) is 0. The standard InChI is InChI=1S/C24H16ClNO3/c25-20-11-9-16(10-12-20)13-19-15-22(17-5-2-1-3-6-17)26(23(19)27)21-8-4-7-18(14-21)24(28)29/h1-15H,(H,28,29)/b19-13+. The van der Waals surface area contributed by atoms with E-state index in [1.165, 1.54) is 12.1 Å². The Bertz CT molecular complexity index is 1150. The third kappa shape index (κ3) is 3.84. The van der Waals surface area contributed by atoms with Crippen molar-refractivity contribution in [2.24, 2.45) is 0 Å².